The first kappa shape index (κ1) is 105. The van der Waals surface area contributed by atoms with Gasteiger partial charge in [0, 0.05) is 101 Å². The molecule has 0 saturated heterocycles. The number of hydrogen-bond acceptors (Lipinski definition) is 20. The fourth-order valence-corrected chi connectivity index (χ4v) is 18.0. The Balaban J connectivity index is 0.000000315. The maximum Gasteiger partial charge on any atom is 0.342 e. The van der Waals surface area contributed by atoms with Crippen LogP contribution in [0.25, 0.3) is 0 Å². The van der Waals surface area contributed by atoms with E-state index in [2.05, 4.69) is 140 Å². The third kappa shape index (κ3) is 28.0. The van der Waals surface area contributed by atoms with Crippen molar-refractivity contribution >= 4 is 81.0 Å². The number of aliphatic hydroxyl groups excluding tert-OH is 2. The van der Waals surface area contributed by atoms with Crippen LogP contribution < -0.4 is 18.9 Å². The zero-order chi connectivity index (χ0) is 92.2. The quantitative estimate of drug-likeness (QED) is 0.00861. The van der Waals surface area contributed by atoms with E-state index in [1.165, 1.54) is 22.3 Å². The van der Waals surface area contributed by atoms with Gasteiger partial charge in [0.05, 0.1) is 33.0 Å². The number of carbonyl (C=O) groups is 8. The molecule has 0 fully saturated rings. The van der Waals surface area contributed by atoms with Crippen LogP contribution in [0.2, 0.25) is 103 Å². The predicted octanol–water partition coefficient (Wildman–Crippen LogP) is 20.4. The molecule has 5 aromatic carbocycles. The number of ether oxygens (including phenoxy) is 9. The van der Waals surface area contributed by atoms with Crippen molar-refractivity contribution in [3.8, 4) is 28.7 Å². The normalized spacial score (nSPS) is 13.5. The van der Waals surface area contributed by atoms with E-state index in [9.17, 15) is 48.6 Å². The Kier molecular flexibility index (Phi) is 41.7. The number of rotatable bonds is 34. The molecule has 0 amide bonds. The van der Waals surface area contributed by atoms with Gasteiger partial charge < -0.3 is 62.7 Å². The van der Waals surface area contributed by atoms with Crippen LogP contribution in [0.15, 0.2) is 60.8 Å². The number of aldehydes is 3. The Hall–Kier alpha value is -9.05. The smallest absolute Gasteiger partial charge is 0.342 e. The number of benzene rings is 5. The van der Waals surface area contributed by atoms with Crippen LogP contribution in [0.5, 0.6) is 28.7 Å². The van der Waals surface area contributed by atoms with E-state index in [1.54, 1.807) is 19.9 Å². The van der Waals surface area contributed by atoms with E-state index < -0.39 is 38.3 Å². The largest absolute Gasteiger partial charge is 0.507 e. The number of aliphatic hydroxyl groups is 2. The summed E-state index contributed by atoms with van der Waals surface area (Å²) >= 11 is 0. The van der Waals surface area contributed by atoms with Crippen molar-refractivity contribution in [1.82, 2.24) is 0 Å². The molecule has 20 nitrogen and oxygen atoms in total. The zero-order valence-electron chi connectivity index (χ0n) is 78.4. The molecular formula is C98H142O20Si4. The monoisotopic (exact) mass is 1750 g/mol. The lowest BCUT2D eigenvalue weighted by molar-refractivity contribution is -0.107. The van der Waals surface area contributed by atoms with Gasteiger partial charge in [-0.2, -0.15) is 0 Å². The summed E-state index contributed by atoms with van der Waals surface area (Å²) in [4.78, 5) is 92.3. The summed E-state index contributed by atoms with van der Waals surface area (Å²) in [5.74, 6) is 1.17. The van der Waals surface area contributed by atoms with E-state index in [-0.39, 0.29) is 49.3 Å². The number of esters is 5. The lowest BCUT2D eigenvalue weighted by atomic mass is 9.89. The van der Waals surface area contributed by atoms with Crippen molar-refractivity contribution in [3.63, 3.8) is 0 Å². The first-order valence-electron chi connectivity index (χ1n) is 42.9. The first-order chi connectivity index (χ1) is 57.4. The maximum absolute atomic E-state index is 12.4. The molecule has 670 valence electrons. The molecule has 0 aliphatic carbocycles. The Morgan fingerprint density at radius 1 is 0.377 bits per heavy atom. The highest BCUT2D eigenvalue weighted by Gasteiger charge is 2.38. The summed E-state index contributed by atoms with van der Waals surface area (Å²) in [6.45, 7) is 68.7. The number of phenolic OH excluding ortho intramolecular Hbond substituents is 1. The van der Waals surface area contributed by atoms with Crippen molar-refractivity contribution in [2.24, 2.45) is 0 Å². The number of aromatic hydroxyl groups is 1. The van der Waals surface area contributed by atoms with Gasteiger partial charge in [-0.25, -0.2) is 24.0 Å². The summed E-state index contributed by atoms with van der Waals surface area (Å²) in [6, 6.07) is 4.14. The minimum absolute atomic E-state index is 0.0409. The summed E-state index contributed by atoms with van der Waals surface area (Å²) in [5, 5.41) is 26.5. The molecule has 5 aliphatic rings. The van der Waals surface area contributed by atoms with E-state index >= 15 is 0 Å². The Labute approximate surface area is 731 Å². The molecule has 0 radical (unpaired) electrons. The lowest BCUT2D eigenvalue weighted by Gasteiger charge is -2.22. The summed E-state index contributed by atoms with van der Waals surface area (Å²) in [5.41, 5.74) is 25.8. The zero-order valence-corrected chi connectivity index (χ0v) is 82.4. The van der Waals surface area contributed by atoms with E-state index in [4.69, 9.17) is 47.7 Å². The molecule has 24 heteroatoms. The molecule has 0 aromatic heterocycles. The van der Waals surface area contributed by atoms with Crippen molar-refractivity contribution < 1.29 is 96.3 Å². The number of hydrogen-bond donors (Lipinski definition) is 3. The van der Waals surface area contributed by atoms with Gasteiger partial charge in [-0.3, -0.25) is 9.59 Å². The molecule has 5 aromatic rings. The fourth-order valence-electron chi connectivity index (χ4n) is 15.1. The minimum atomic E-state index is -1.25. The second-order valence-electron chi connectivity index (χ2n) is 36.1. The Bertz CT molecular complexity index is 4590. The van der Waals surface area contributed by atoms with Crippen LogP contribution >= 0.6 is 0 Å². The van der Waals surface area contributed by atoms with Crippen LogP contribution in [-0.2, 0) is 135 Å². The number of carbonyl (C=O) groups excluding carboxylic acids is 8. The minimum Gasteiger partial charge on any atom is -0.507 e. The van der Waals surface area contributed by atoms with Crippen LogP contribution in [0.4, 0.5) is 0 Å². The van der Waals surface area contributed by atoms with Gasteiger partial charge in [-0.05, 0) is 204 Å². The van der Waals surface area contributed by atoms with Crippen LogP contribution in [-0.4, -0.2) is 136 Å². The van der Waals surface area contributed by atoms with E-state index in [0.717, 1.165) is 183 Å². The van der Waals surface area contributed by atoms with E-state index in [0.29, 0.717) is 135 Å². The number of allylic oxidation sites excluding steroid dienone is 6. The van der Waals surface area contributed by atoms with Gasteiger partial charge in [0.15, 0.2) is 0 Å². The van der Waals surface area contributed by atoms with Crippen molar-refractivity contribution in [1.29, 1.82) is 0 Å². The Morgan fingerprint density at radius 3 is 0.852 bits per heavy atom. The maximum atomic E-state index is 12.4. The predicted molar refractivity (Wildman–Crippen MR) is 499 cm³/mol. The third-order valence-electron chi connectivity index (χ3n) is 22.2. The summed E-state index contributed by atoms with van der Waals surface area (Å²) in [7, 11) is -3.89. The van der Waals surface area contributed by atoms with Gasteiger partial charge in [0.1, 0.15) is 108 Å². The molecule has 0 spiro atoms. The molecule has 0 atom stereocenters. The second kappa shape index (κ2) is 48.3. The van der Waals surface area contributed by atoms with E-state index in [1.807, 2.05) is 52.8 Å². The van der Waals surface area contributed by atoms with Crippen molar-refractivity contribution in [2.45, 2.75) is 290 Å². The summed E-state index contributed by atoms with van der Waals surface area (Å²) < 4.78 is 50.8. The van der Waals surface area contributed by atoms with Crippen molar-refractivity contribution in [2.75, 3.05) is 40.1 Å². The van der Waals surface area contributed by atoms with Crippen LogP contribution in [0.3, 0.4) is 0 Å². The number of phenols is 1. The average molecular weight is 1750 g/mol. The molecule has 3 N–H and O–H groups in total. The molecule has 0 bridgehead atoms. The molecule has 5 heterocycles. The highest BCUT2D eigenvalue weighted by atomic mass is 28.3. The molecule has 0 unspecified atom stereocenters. The average Bonchev–Trinajstić information content (AvgIpc) is 1.79. The SMILES string of the molecule is C=C(C)C=O.C=CCc1c(CC)c(C)c2c(c1OCC[Si](C)(C)C)C(=O)OC2.C=CCc1c(O)c2c(c(C)c1CC)COC2=O.CCc1c(C)c2c(c(OCC[Si](C)(C)C)c1C/C=C(\C)C=O)C(=O)OC2.CCc1c(C)c2c(c(OCC[Si](C)(C)C)c1C/C=C(\C)CO)C(=O)OC2.CCc1c(C)c2c(c(OCC[Si](C)(C)C)c1CC=O)C(=O)OC2.CO. The van der Waals surface area contributed by atoms with Crippen LogP contribution in [0.1, 0.15) is 218 Å². The van der Waals surface area contributed by atoms with Crippen molar-refractivity contribution in [3.05, 3.63) is 200 Å². The Morgan fingerprint density at radius 2 is 0.615 bits per heavy atom. The third-order valence-corrected chi connectivity index (χ3v) is 29.0. The lowest BCUT2D eigenvalue weighted by Crippen LogP contribution is -2.23. The molecule has 10 rings (SSSR count). The van der Waals surface area contributed by atoms with Gasteiger partial charge >= 0.3 is 29.8 Å². The number of cyclic esters (lactones) is 5. The molecular weight excluding hydrogens is 1610 g/mol. The topological polar surface area (TPSA) is 280 Å². The molecule has 122 heavy (non-hydrogen) atoms. The standard InChI is InChI=1S/C21H32O4Si.C21H30O4Si.C19H28O3Si.C18H26O4Si.C14H16O3.C4H6O.CH4O/c2*1-7-16-15(3)18-13-25-21(23)19(18)20(24-10-11-26(4,5)6)17(16)9-8-14(2)12-22;1-7-9-15-14(8-2)13(3)16-12-22-19(20)17(16)18(15)21-10-11-23(4,5)6;1-6-13-12(2)15-11-22-18(20)16(15)17(14(13)7-8-19)21-9-10-23(3,4)5;1-4-6-10-9(5-2)8(3)11-7-17-14(16)12(11)13(10)15;1-4(2)3-5;1-2/h8,22H,7,9-13H2,1-6H3;8,12H,7,9-11,13H2,1-6H3;7H,1,8-12H2,2-6H3;8H,6-7,9-11H2,1-5H3;4,15H,1,5-7H2,2-3H3;3H,1H2,2H3;2H,1H3/b2*14-8+;;;;;. The van der Waals surface area contributed by atoms with Gasteiger partial charge in [-0.15, -0.1) is 13.2 Å². The van der Waals surface area contributed by atoms with Gasteiger partial charge in [0.2, 0.25) is 0 Å². The fraction of sp³-hybridized carbons (Fsp3) is 0.510. The highest BCUT2D eigenvalue weighted by molar-refractivity contribution is 6.77. The van der Waals surface area contributed by atoms with Gasteiger partial charge in [0.25, 0.3) is 0 Å². The van der Waals surface area contributed by atoms with Crippen LogP contribution in [0, 0.1) is 34.6 Å². The highest BCUT2D eigenvalue weighted by Crippen LogP contribution is 2.45. The number of fused-ring (bicyclic) bond motifs is 5. The second-order valence-corrected chi connectivity index (χ2v) is 58.6. The molecule has 5 aliphatic heterocycles. The summed E-state index contributed by atoms with van der Waals surface area (Å²) in [6.07, 6.45) is 17.0. The molecule has 0 saturated carbocycles. The first-order valence-corrected chi connectivity index (χ1v) is 57.7. The van der Waals surface area contributed by atoms with Gasteiger partial charge in [-0.1, -0.05) is 150 Å².